The van der Waals surface area contributed by atoms with E-state index in [1.807, 2.05) is 6.07 Å². The van der Waals surface area contributed by atoms with Crippen molar-refractivity contribution in [2.75, 3.05) is 18.4 Å². The summed E-state index contributed by atoms with van der Waals surface area (Å²) in [6.45, 7) is 5.73. The average Bonchev–Trinajstić information content (AvgIpc) is 3.02. The molecule has 6 nitrogen and oxygen atoms in total. The van der Waals surface area contributed by atoms with E-state index in [1.165, 1.54) is 6.26 Å². The van der Waals surface area contributed by atoms with Crippen molar-refractivity contribution in [1.82, 2.24) is 9.88 Å². The summed E-state index contributed by atoms with van der Waals surface area (Å²) < 4.78 is 5.23. The number of nitrogens with zero attached hydrogens (tertiary/aromatic N) is 2. The van der Waals surface area contributed by atoms with Crippen LogP contribution >= 0.6 is 0 Å². The summed E-state index contributed by atoms with van der Waals surface area (Å²) >= 11 is 0. The second-order valence-corrected chi connectivity index (χ2v) is 6.51. The van der Waals surface area contributed by atoms with Crippen molar-refractivity contribution in [3.8, 4) is 0 Å². The zero-order valence-corrected chi connectivity index (χ0v) is 13.9. The second kappa shape index (κ2) is 6.86. The first-order valence-electron chi connectivity index (χ1n) is 8.14. The number of aromatic nitrogens is 1. The Morgan fingerprint density at radius 3 is 2.50 bits per heavy atom. The van der Waals surface area contributed by atoms with Crippen LogP contribution in [0.25, 0.3) is 0 Å². The van der Waals surface area contributed by atoms with Crippen LogP contribution in [0.2, 0.25) is 0 Å². The number of benzene rings is 1. The Bertz CT molecular complexity index is 716. The van der Waals surface area contributed by atoms with Crippen LogP contribution in [-0.4, -0.2) is 34.8 Å². The zero-order chi connectivity index (χ0) is 17.1. The number of anilines is 1. The van der Waals surface area contributed by atoms with E-state index in [-0.39, 0.29) is 23.5 Å². The average molecular weight is 327 g/mol. The highest BCUT2D eigenvalue weighted by atomic mass is 16.4. The van der Waals surface area contributed by atoms with Gasteiger partial charge in [-0.05, 0) is 30.4 Å². The largest absolute Gasteiger partial charge is 0.431 e. The summed E-state index contributed by atoms with van der Waals surface area (Å²) in [5, 5.41) is 2.57. The van der Waals surface area contributed by atoms with E-state index < -0.39 is 0 Å². The lowest BCUT2D eigenvalue weighted by molar-refractivity contribution is 0.0617. The van der Waals surface area contributed by atoms with E-state index in [9.17, 15) is 9.59 Å². The minimum atomic E-state index is -0.323. The molecule has 1 N–H and O–H groups in total. The molecule has 0 bridgehead atoms. The molecule has 2 atom stereocenters. The predicted octanol–water partition coefficient (Wildman–Crippen LogP) is 3.05. The molecule has 2 unspecified atom stereocenters. The monoisotopic (exact) mass is 327 g/mol. The van der Waals surface area contributed by atoms with Gasteiger partial charge in [0.25, 0.3) is 11.8 Å². The van der Waals surface area contributed by atoms with E-state index in [0.29, 0.717) is 17.4 Å². The van der Waals surface area contributed by atoms with Gasteiger partial charge in [-0.25, -0.2) is 0 Å². The molecule has 1 fully saturated rings. The molecule has 3 rings (SSSR count). The summed E-state index contributed by atoms with van der Waals surface area (Å²) in [7, 11) is 0. The number of carbonyl (C=O) groups is 2. The van der Waals surface area contributed by atoms with Gasteiger partial charge >= 0.3 is 6.01 Å². The van der Waals surface area contributed by atoms with Crippen LogP contribution in [0, 0.1) is 11.8 Å². The third-order valence-corrected chi connectivity index (χ3v) is 4.14. The minimum Gasteiger partial charge on any atom is -0.431 e. The first-order chi connectivity index (χ1) is 11.5. The predicted molar refractivity (Wildman–Crippen MR) is 89.7 cm³/mol. The maximum Gasteiger partial charge on any atom is 0.302 e. The van der Waals surface area contributed by atoms with Crippen molar-refractivity contribution in [3.05, 3.63) is 47.9 Å². The number of rotatable bonds is 3. The number of likely N-dealkylation sites (tertiary alicyclic amines) is 1. The normalized spacial score (nSPS) is 20.7. The fourth-order valence-electron chi connectivity index (χ4n) is 3.18. The molecule has 1 aliphatic heterocycles. The molecule has 2 heterocycles. The van der Waals surface area contributed by atoms with Gasteiger partial charge in [-0.3, -0.25) is 14.9 Å². The molecule has 2 amide bonds. The molecule has 6 heteroatoms. The lowest BCUT2D eigenvalue weighted by Crippen LogP contribution is -2.42. The van der Waals surface area contributed by atoms with Crippen LogP contribution in [0.5, 0.6) is 0 Å². The summed E-state index contributed by atoms with van der Waals surface area (Å²) in [4.78, 5) is 30.5. The number of hydrogen-bond donors (Lipinski definition) is 1. The Balaban J connectivity index is 1.67. The molecule has 0 radical (unpaired) electrons. The van der Waals surface area contributed by atoms with Gasteiger partial charge in [0.2, 0.25) is 0 Å². The van der Waals surface area contributed by atoms with Crippen LogP contribution in [0.4, 0.5) is 6.01 Å². The van der Waals surface area contributed by atoms with E-state index in [4.69, 9.17) is 4.42 Å². The van der Waals surface area contributed by atoms with Gasteiger partial charge in [0, 0.05) is 18.7 Å². The van der Waals surface area contributed by atoms with Crippen LogP contribution in [0.1, 0.15) is 41.1 Å². The topological polar surface area (TPSA) is 75.4 Å². The van der Waals surface area contributed by atoms with Gasteiger partial charge in [0.05, 0.1) is 0 Å². The lowest BCUT2D eigenvalue weighted by atomic mass is 9.92. The Morgan fingerprint density at radius 1 is 1.17 bits per heavy atom. The van der Waals surface area contributed by atoms with Gasteiger partial charge in [-0.1, -0.05) is 32.0 Å². The molecule has 0 aliphatic carbocycles. The Kier molecular flexibility index (Phi) is 4.64. The smallest absolute Gasteiger partial charge is 0.302 e. The van der Waals surface area contributed by atoms with E-state index >= 15 is 0 Å². The van der Waals surface area contributed by atoms with Crippen molar-refractivity contribution < 1.29 is 14.0 Å². The van der Waals surface area contributed by atoms with E-state index in [2.05, 4.69) is 24.1 Å². The van der Waals surface area contributed by atoms with Crippen molar-refractivity contribution in [1.29, 1.82) is 0 Å². The Morgan fingerprint density at radius 2 is 1.83 bits per heavy atom. The van der Waals surface area contributed by atoms with Gasteiger partial charge in [-0.2, -0.15) is 4.98 Å². The Labute approximate surface area is 140 Å². The highest BCUT2D eigenvalue weighted by Crippen LogP contribution is 2.22. The molecule has 2 aromatic rings. The van der Waals surface area contributed by atoms with E-state index in [1.54, 1.807) is 29.2 Å². The van der Waals surface area contributed by atoms with Gasteiger partial charge in [-0.15, -0.1) is 0 Å². The number of carbonyl (C=O) groups excluding carboxylic acids is 2. The molecule has 0 saturated carbocycles. The minimum absolute atomic E-state index is 0.0327. The molecule has 126 valence electrons. The summed E-state index contributed by atoms with van der Waals surface area (Å²) in [5.41, 5.74) is 0.724. The SMILES string of the molecule is CC1CC(C)CN(C(=O)c2coc(NC(=O)c3ccccc3)n2)C1. The molecular formula is C18H21N3O3. The molecule has 1 saturated heterocycles. The molecule has 1 aliphatic rings. The quantitative estimate of drug-likeness (QED) is 0.940. The van der Waals surface area contributed by atoms with Crippen molar-refractivity contribution in [2.24, 2.45) is 11.8 Å². The second-order valence-electron chi connectivity index (χ2n) is 6.51. The highest BCUT2D eigenvalue weighted by Gasteiger charge is 2.28. The highest BCUT2D eigenvalue weighted by molar-refractivity contribution is 6.03. The zero-order valence-electron chi connectivity index (χ0n) is 13.9. The van der Waals surface area contributed by atoms with E-state index in [0.717, 1.165) is 19.5 Å². The number of nitrogens with one attached hydrogen (secondary N) is 1. The van der Waals surface area contributed by atoms with Gasteiger partial charge in [0.15, 0.2) is 5.69 Å². The summed E-state index contributed by atoms with van der Waals surface area (Å²) in [6.07, 6.45) is 2.42. The molecule has 24 heavy (non-hydrogen) atoms. The maximum atomic E-state index is 12.6. The van der Waals surface area contributed by atoms with Crippen LogP contribution in [0.15, 0.2) is 41.0 Å². The van der Waals surface area contributed by atoms with Gasteiger partial charge < -0.3 is 9.32 Å². The third-order valence-electron chi connectivity index (χ3n) is 4.14. The number of hydrogen-bond acceptors (Lipinski definition) is 4. The first kappa shape index (κ1) is 16.2. The molecule has 1 aromatic carbocycles. The van der Waals surface area contributed by atoms with Crippen molar-refractivity contribution >= 4 is 17.8 Å². The fraction of sp³-hybridized carbons (Fsp3) is 0.389. The molecule has 0 spiro atoms. The van der Waals surface area contributed by atoms with Gasteiger partial charge in [0.1, 0.15) is 6.26 Å². The van der Waals surface area contributed by atoms with Crippen LogP contribution in [-0.2, 0) is 0 Å². The molecular weight excluding hydrogens is 306 g/mol. The fourth-order valence-corrected chi connectivity index (χ4v) is 3.18. The van der Waals surface area contributed by atoms with Crippen molar-refractivity contribution in [2.45, 2.75) is 20.3 Å². The summed E-state index contributed by atoms with van der Waals surface area (Å²) in [5.74, 6) is 0.470. The maximum absolute atomic E-state index is 12.6. The standard InChI is InChI=1S/C18H21N3O3/c1-12-8-13(2)10-21(9-12)17(23)15-11-24-18(19-15)20-16(22)14-6-4-3-5-7-14/h3-7,11-13H,8-10H2,1-2H3,(H,19,20,22). The third kappa shape index (κ3) is 3.64. The van der Waals surface area contributed by atoms with Crippen molar-refractivity contribution in [3.63, 3.8) is 0 Å². The Hall–Kier alpha value is -2.63. The van der Waals surface area contributed by atoms with Crippen LogP contribution < -0.4 is 5.32 Å². The lowest BCUT2D eigenvalue weighted by Gasteiger charge is -2.34. The molecule has 1 aromatic heterocycles. The number of oxazole rings is 1. The first-order valence-corrected chi connectivity index (χ1v) is 8.14. The number of piperidine rings is 1. The van der Waals surface area contributed by atoms with Crippen LogP contribution in [0.3, 0.4) is 0 Å². The summed E-state index contributed by atoms with van der Waals surface area (Å²) in [6, 6.07) is 8.81. The number of amides is 2.